The second-order valence-electron chi connectivity index (χ2n) is 7.94. The number of nitrogens with one attached hydrogen (secondary N) is 1. The molecule has 2 fully saturated rings. The molecule has 0 bridgehead atoms. The van der Waals surface area contributed by atoms with Crippen molar-refractivity contribution >= 4 is 33.3 Å². The van der Waals surface area contributed by atoms with E-state index >= 15 is 0 Å². The van der Waals surface area contributed by atoms with Crippen LogP contribution in [0.3, 0.4) is 0 Å². The fraction of sp³-hybridized carbons (Fsp3) is 0.409. The van der Waals surface area contributed by atoms with E-state index in [1.807, 2.05) is 36.4 Å². The number of aromatic nitrogens is 2. The standard InChI is InChI=1S/C22H24N4O4S/c27-16-11-14(13-5-6-18(23-12-13)26-7-9-30-10-8-26)19(20(16)28)25-21(29)22-24-15-3-1-2-4-17(15)31-22/h1-6,12,14,16,19-20,27-28H,7-11H2,(H,25,29)/t14-,16-,19-,20-/m1/s1. The summed E-state index contributed by atoms with van der Waals surface area (Å²) in [6.45, 7) is 2.97. The molecule has 8 nitrogen and oxygen atoms in total. The molecule has 1 aliphatic heterocycles. The third-order valence-electron chi connectivity index (χ3n) is 6.01. The number of hydrogen-bond donors (Lipinski definition) is 3. The van der Waals surface area contributed by atoms with Gasteiger partial charge in [-0.1, -0.05) is 18.2 Å². The molecule has 2 aromatic heterocycles. The van der Waals surface area contributed by atoms with E-state index in [9.17, 15) is 15.0 Å². The van der Waals surface area contributed by atoms with Gasteiger partial charge in [0.25, 0.3) is 5.91 Å². The lowest BCUT2D eigenvalue weighted by atomic mass is 9.95. The number of aliphatic hydroxyl groups excluding tert-OH is 2. The molecule has 0 spiro atoms. The molecule has 1 saturated heterocycles. The lowest BCUT2D eigenvalue weighted by molar-refractivity contribution is 0.0294. The minimum Gasteiger partial charge on any atom is -0.390 e. The van der Waals surface area contributed by atoms with Gasteiger partial charge in [0, 0.05) is 25.2 Å². The highest BCUT2D eigenvalue weighted by Gasteiger charge is 2.43. The molecule has 3 N–H and O–H groups in total. The number of ether oxygens (including phenoxy) is 1. The Morgan fingerprint density at radius 1 is 1.16 bits per heavy atom. The fourth-order valence-corrected chi connectivity index (χ4v) is 5.20. The van der Waals surface area contributed by atoms with E-state index in [1.54, 1.807) is 6.20 Å². The van der Waals surface area contributed by atoms with Gasteiger partial charge in [0.2, 0.25) is 0 Å². The predicted octanol–water partition coefficient (Wildman–Crippen LogP) is 1.54. The molecule has 3 aromatic rings. The van der Waals surface area contributed by atoms with E-state index in [0.717, 1.165) is 34.7 Å². The van der Waals surface area contributed by atoms with Gasteiger partial charge in [0.05, 0.1) is 35.6 Å². The number of anilines is 1. The average molecular weight is 441 g/mol. The maximum atomic E-state index is 12.9. The first-order valence-corrected chi connectivity index (χ1v) is 11.2. The van der Waals surface area contributed by atoms with Gasteiger partial charge in [-0.2, -0.15) is 0 Å². The monoisotopic (exact) mass is 440 g/mol. The van der Waals surface area contributed by atoms with Crippen LogP contribution in [0.4, 0.5) is 5.82 Å². The average Bonchev–Trinajstić information content (AvgIpc) is 3.37. The smallest absolute Gasteiger partial charge is 0.280 e. The van der Waals surface area contributed by atoms with Gasteiger partial charge in [-0.15, -0.1) is 11.3 Å². The highest BCUT2D eigenvalue weighted by molar-refractivity contribution is 7.20. The number of nitrogens with zero attached hydrogens (tertiary/aromatic N) is 3. The molecular weight excluding hydrogens is 416 g/mol. The Bertz CT molecular complexity index is 1030. The van der Waals surface area contributed by atoms with Gasteiger partial charge in [0.15, 0.2) is 5.01 Å². The number of carbonyl (C=O) groups excluding carboxylic acids is 1. The molecule has 1 amide bonds. The minimum atomic E-state index is -1.05. The fourth-order valence-electron chi connectivity index (χ4n) is 4.33. The molecule has 1 aromatic carbocycles. The zero-order valence-electron chi connectivity index (χ0n) is 16.8. The van der Waals surface area contributed by atoms with Crippen LogP contribution in [0.25, 0.3) is 10.2 Å². The molecule has 162 valence electrons. The zero-order valence-corrected chi connectivity index (χ0v) is 17.7. The van der Waals surface area contributed by atoms with Crippen molar-refractivity contribution in [3.63, 3.8) is 0 Å². The van der Waals surface area contributed by atoms with Crippen molar-refractivity contribution in [2.75, 3.05) is 31.2 Å². The number of thiazole rings is 1. The Morgan fingerprint density at radius 2 is 1.97 bits per heavy atom. The lowest BCUT2D eigenvalue weighted by Crippen LogP contribution is -2.45. The van der Waals surface area contributed by atoms with Gasteiger partial charge in [-0.25, -0.2) is 9.97 Å². The number of amides is 1. The largest absolute Gasteiger partial charge is 0.390 e. The molecule has 3 heterocycles. The molecule has 5 rings (SSSR count). The third kappa shape index (κ3) is 4.01. The van der Waals surface area contributed by atoms with Crippen LogP contribution in [0.1, 0.15) is 27.7 Å². The van der Waals surface area contributed by atoms with Crippen molar-refractivity contribution in [1.29, 1.82) is 0 Å². The number of rotatable bonds is 4. The first-order valence-electron chi connectivity index (χ1n) is 10.4. The molecule has 9 heteroatoms. The molecule has 1 saturated carbocycles. The molecule has 0 radical (unpaired) electrons. The Balaban J connectivity index is 1.34. The van der Waals surface area contributed by atoms with Gasteiger partial charge < -0.3 is 25.2 Å². The van der Waals surface area contributed by atoms with E-state index in [0.29, 0.717) is 24.6 Å². The lowest BCUT2D eigenvalue weighted by Gasteiger charge is -2.28. The van der Waals surface area contributed by atoms with Crippen LogP contribution in [0.2, 0.25) is 0 Å². The van der Waals surface area contributed by atoms with Crippen molar-refractivity contribution in [3.05, 3.63) is 53.2 Å². The number of fused-ring (bicyclic) bond motifs is 1. The summed E-state index contributed by atoms with van der Waals surface area (Å²) in [6.07, 6.45) is 0.161. The number of carbonyl (C=O) groups is 1. The topological polar surface area (TPSA) is 108 Å². The van der Waals surface area contributed by atoms with Crippen LogP contribution in [0.15, 0.2) is 42.6 Å². The van der Waals surface area contributed by atoms with E-state index < -0.39 is 18.2 Å². The van der Waals surface area contributed by atoms with Crippen molar-refractivity contribution in [3.8, 4) is 0 Å². The summed E-state index contributed by atoms with van der Waals surface area (Å²) in [5.74, 6) is 0.290. The number of hydrogen-bond acceptors (Lipinski definition) is 8. The van der Waals surface area contributed by atoms with E-state index in [1.165, 1.54) is 11.3 Å². The second-order valence-corrected chi connectivity index (χ2v) is 8.97. The molecule has 0 unspecified atom stereocenters. The Kier molecular flexibility index (Phi) is 5.58. The van der Waals surface area contributed by atoms with Gasteiger partial charge >= 0.3 is 0 Å². The summed E-state index contributed by atoms with van der Waals surface area (Å²) in [5.41, 5.74) is 1.64. The Morgan fingerprint density at radius 3 is 2.71 bits per heavy atom. The molecule has 4 atom stereocenters. The van der Waals surface area contributed by atoms with Crippen LogP contribution < -0.4 is 10.2 Å². The summed E-state index contributed by atoms with van der Waals surface area (Å²) in [6, 6.07) is 10.9. The summed E-state index contributed by atoms with van der Waals surface area (Å²) >= 11 is 1.31. The van der Waals surface area contributed by atoms with Crippen LogP contribution in [0.5, 0.6) is 0 Å². The molecule has 31 heavy (non-hydrogen) atoms. The predicted molar refractivity (Wildman–Crippen MR) is 118 cm³/mol. The van der Waals surface area contributed by atoms with Crippen molar-refractivity contribution in [2.45, 2.75) is 30.6 Å². The quantitative estimate of drug-likeness (QED) is 0.565. The number of benzene rings is 1. The summed E-state index contributed by atoms with van der Waals surface area (Å²) in [7, 11) is 0. The number of para-hydroxylation sites is 1. The maximum absolute atomic E-state index is 12.9. The van der Waals surface area contributed by atoms with Crippen LogP contribution in [0, 0.1) is 0 Å². The highest BCUT2D eigenvalue weighted by Crippen LogP contribution is 2.36. The Hall–Kier alpha value is -2.59. The summed E-state index contributed by atoms with van der Waals surface area (Å²) in [4.78, 5) is 24.0. The van der Waals surface area contributed by atoms with Crippen LogP contribution in [-0.2, 0) is 4.74 Å². The Labute approximate surface area is 183 Å². The normalized spacial score (nSPS) is 26.3. The second kappa shape index (κ2) is 8.51. The van der Waals surface area contributed by atoms with E-state index in [-0.39, 0.29) is 11.8 Å². The van der Waals surface area contributed by atoms with Crippen molar-refractivity contribution < 1.29 is 19.7 Å². The number of morpholine rings is 1. The first-order chi connectivity index (χ1) is 15.1. The number of pyridine rings is 1. The molecular formula is C22H24N4O4S. The van der Waals surface area contributed by atoms with Crippen LogP contribution in [-0.4, -0.2) is 70.6 Å². The van der Waals surface area contributed by atoms with Gasteiger partial charge in [-0.05, 0) is 30.2 Å². The molecule has 2 aliphatic rings. The number of aliphatic hydroxyl groups is 2. The van der Waals surface area contributed by atoms with Crippen molar-refractivity contribution in [2.24, 2.45) is 0 Å². The van der Waals surface area contributed by atoms with Crippen LogP contribution >= 0.6 is 11.3 Å². The maximum Gasteiger partial charge on any atom is 0.280 e. The third-order valence-corrected chi connectivity index (χ3v) is 7.05. The van der Waals surface area contributed by atoms with Crippen molar-refractivity contribution in [1.82, 2.24) is 15.3 Å². The minimum absolute atomic E-state index is 0.241. The first kappa shape index (κ1) is 20.3. The summed E-state index contributed by atoms with van der Waals surface area (Å²) in [5, 5.41) is 24.1. The van der Waals surface area contributed by atoms with E-state index in [2.05, 4.69) is 20.2 Å². The zero-order chi connectivity index (χ0) is 21.4. The highest BCUT2D eigenvalue weighted by atomic mass is 32.1. The molecule has 1 aliphatic carbocycles. The van der Waals surface area contributed by atoms with E-state index in [4.69, 9.17) is 4.74 Å². The SMILES string of the molecule is O=C(N[C@H]1[C@H](O)[C@H](O)C[C@@H]1c1ccc(N2CCOCC2)nc1)c1nc2ccccc2s1. The van der Waals surface area contributed by atoms with Gasteiger partial charge in [-0.3, -0.25) is 4.79 Å². The van der Waals surface area contributed by atoms with Gasteiger partial charge in [0.1, 0.15) is 11.9 Å². The summed E-state index contributed by atoms with van der Waals surface area (Å²) < 4.78 is 6.32.